The topological polar surface area (TPSA) is 25.8 Å². The predicted octanol–water partition coefficient (Wildman–Crippen LogP) is 2.74. The predicted molar refractivity (Wildman–Crippen MR) is 46.5 cm³/mol. The minimum atomic E-state index is -3.49. The van der Waals surface area contributed by atoms with Gasteiger partial charge in [-0.3, -0.25) is 0 Å². The Balaban J connectivity index is 2.39. The fourth-order valence-electron chi connectivity index (χ4n) is 1.59. The zero-order chi connectivity index (χ0) is 10.6. The van der Waals surface area contributed by atoms with Crippen molar-refractivity contribution in [3.8, 4) is 0 Å². The third-order valence-electron chi connectivity index (χ3n) is 2.56. The lowest BCUT2D eigenvalue weighted by Crippen LogP contribution is -2.67. The van der Waals surface area contributed by atoms with Crippen LogP contribution in [-0.2, 0) is 5.41 Å². The molecule has 1 aliphatic carbocycles. The van der Waals surface area contributed by atoms with E-state index >= 15 is 0 Å². The van der Waals surface area contributed by atoms with Crippen molar-refractivity contribution >= 4 is 22.9 Å². The maximum absolute atomic E-state index is 13.5. The first-order chi connectivity index (χ1) is 6.31. The highest BCUT2D eigenvalue weighted by Gasteiger charge is 2.77. The summed E-state index contributed by atoms with van der Waals surface area (Å²) in [6.07, 6.45) is -0.630. The molecule has 0 bridgehead atoms. The molecule has 78 valence electrons. The average molecular weight is 243 g/mol. The van der Waals surface area contributed by atoms with Crippen LogP contribution in [0.2, 0.25) is 0 Å². The van der Waals surface area contributed by atoms with Crippen LogP contribution in [0.5, 0.6) is 0 Å². The van der Waals surface area contributed by atoms with E-state index in [1.54, 1.807) is 0 Å². The molecule has 14 heavy (non-hydrogen) atoms. The molecule has 1 saturated carbocycles. The molecule has 2 atom stereocenters. The van der Waals surface area contributed by atoms with E-state index in [1.165, 1.54) is 12.4 Å². The Morgan fingerprint density at radius 3 is 2.50 bits per heavy atom. The second kappa shape index (κ2) is 2.61. The number of halogens is 4. The highest BCUT2D eigenvalue weighted by Crippen LogP contribution is 2.65. The van der Waals surface area contributed by atoms with Gasteiger partial charge in [-0.2, -0.15) is 0 Å². The summed E-state index contributed by atoms with van der Waals surface area (Å²) in [5, 5.41) is 4.22. The molecule has 2 rings (SSSR count). The number of nitrogens with zero attached hydrogens (tertiary/aromatic N) is 2. The third-order valence-corrected chi connectivity index (χ3v) is 4.21. The number of hydrogen-bond donors (Lipinski definition) is 0. The van der Waals surface area contributed by atoms with E-state index < -0.39 is 22.9 Å². The van der Waals surface area contributed by atoms with Gasteiger partial charge in [0.2, 0.25) is 0 Å². The molecule has 0 saturated heterocycles. The summed E-state index contributed by atoms with van der Waals surface area (Å²) >= 11 is 6.25. The van der Waals surface area contributed by atoms with E-state index in [0.717, 1.165) is 11.3 Å². The molecular weight excluding hydrogens is 237 g/mol. The van der Waals surface area contributed by atoms with Gasteiger partial charge in [-0.1, -0.05) is 11.6 Å². The Bertz CT molecular complexity index is 354. The van der Waals surface area contributed by atoms with Crippen LogP contribution in [0.3, 0.4) is 0 Å². The smallest absolute Gasteiger partial charge is 0.218 e. The lowest BCUT2D eigenvalue weighted by molar-refractivity contribution is -0.217. The maximum atomic E-state index is 13.5. The summed E-state index contributed by atoms with van der Waals surface area (Å²) in [7, 11) is 0. The molecule has 0 N–H and O–H groups in total. The van der Waals surface area contributed by atoms with Gasteiger partial charge in [-0.15, -0.1) is 21.5 Å². The van der Waals surface area contributed by atoms with Crippen LogP contribution in [-0.4, -0.2) is 21.2 Å². The molecule has 0 aromatic carbocycles. The summed E-state index contributed by atoms with van der Waals surface area (Å²) in [6, 6.07) is 0. The Morgan fingerprint density at radius 1 is 1.50 bits per heavy atom. The molecule has 2 unspecified atom stereocenters. The Morgan fingerprint density at radius 2 is 2.14 bits per heavy atom. The van der Waals surface area contributed by atoms with Gasteiger partial charge < -0.3 is 0 Å². The first-order valence-corrected chi connectivity index (χ1v) is 5.09. The van der Waals surface area contributed by atoms with Crippen molar-refractivity contribution < 1.29 is 13.2 Å². The van der Waals surface area contributed by atoms with Crippen LogP contribution < -0.4 is 0 Å². The van der Waals surface area contributed by atoms with Crippen molar-refractivity contribution in [2.45, 2.75) is 29.8 Å². The fourth-order valence-corrected chi connectivity index (χ4v) is 2.63. The minimum absolute atomic E-state index is 0.209. The molecule has 2 nitrogen and oxygen atoms in total. The summed E-state index contributed by atoms with van der Waals surface area (Å²) in [5.74, 6) is -3.49. The van der Waals surface area contributed by atoms with Crippen LogP contribution in [0.15, 0.2) is 5.51 Å². The van der Waals surface area contributed by atoms with Gasteiger partial charge in [-0.05, 0) is 6.92 Å². The summed E-state index contributed by atoms with van der Waals surface area (Å²) in [5.41, 5.74) is -0.0662. The SMILES string of the molecule is CC1(c2nncs2)CC(F)(F)C1(F)Cl. The van der Waals surface area contributed by atoms with Crippen molar-refractivity contribution in [2.75, 3.05) is 0 Å². The molecule has 1 aromatic heterocycles. The Hall–Kier alpha value is -0.360. The molecule has 1 heterocycles. The molecule has 0 aliphatic heterocycles. The van der Waals surface area contributed by atoms with Crippen molar-refractivity contribution in [3.05, 3.63) is 10.5 Å². The van der Waals surface area contributed by atoms with Crippen LogP contribution in [0.4, 0.5) is 13.2 Å². The lowest BCUT2D eigenvalue weighted by Gasteiger charge is -2.52. The monoisotopic (exact) mass is 242 g/mol. The lowest BCUT2D eigenvalue weighted by atomic mass is 9.65. The molecule has 0 spiro atoms. The second-order valence-corrected chi connectivity index (χ2v) is 4.89. The molecule has 7 heteroatoms. The molecule has 1 fully saturated rings. The van der Waals surface area contributed by atoms with Gasteiger partial charge in [0.15, 0.2) is 0 Å². The van der Waals surface area contributed by atoms with Crippen molar-refractivity contribution in [1.82, 2.24) is 10.2 Å². The Labute approximate surface area is 87.1 Å². The second-order valence-electron chi connectivity index (χ2n) is 3.53. The van der Waals surface area contributed by atoms with Gasteiger partial charge >= 0.3 is 0 Å². The zero-order valence-corrected chi connectivity index (χ0v) is 8.67. The summed E-state index contributed by atoms with van der Waals surface area (Å²) < 4.78 is 39.3. The van der Waals surface area contributed by atoms with E-state index in [4.69, 9.17) is 11.6 Å². The number of rotatable bonds is 1. The van der Waals surface area contributed by atoms with Gasteiger partial charge in [-0.25, -0.2) is 13.2 Å². The maximum Gasteiger partial charge on any atom is 0.297 e. The zero-order valence-electron chi connectivity index (χ0n) is 7.10. The first-order valence-electron chi connectivity index (χ1n) is 3.83. The van der Waals surface area contributed by atoms with Gasteiger partial charge in [0, 0.05) is 6.42 Å². The van der Waals surface area contributed by atoms with E-state index in [-0.39, 0.29) is 5.01 Å². The van der Waals surface area contributed by atoms with Gasteiger partial charge in [0.25, 0.3) is 11.1 Å². The number of alkyl halides is 4. The van der Waals surface area contributed by atoms with Crippen LogP contribution in [0.25, 0.3) is 0 Å². The van der Waals surface area contributed by atoms with E-state index in [9.17, 15) is 13.2 Å². The number of hydrogen-bond acceptors (Lipinski definition) is 3. The average Bonchev–Trinajstić information content (AvgIpc) is 2.54. The highest BCUT2D eigenvalue weighted by atomic mass is 35.5. The van der Waals surface area contributed by atoms with Crippen LogP contribution in [0, 0.1) is 0 Å². The summed E-state index contributed by atoms with van der Waals surface area (Å²) in [4.78, 5) is 0. The van der Waals surface area contributed by atoms with E-state index in [1.807, 2.05) is 0 Å². The van der Waals surface area contributed by atoms with Crippen LogP contribution >= 0.6 is 22.9 Å². The third kappa shape index (κ3) is 0.982. The van der Waals surface area contributed by atoms with Gasteiger partial charge in [0.05, 0.1) is 5.41 Å². The number of aromatic nitrogens is 2. The van der Waals surface area contributed by atoms with E-state index in [2.05, 4.69) is 10.2 Å². The van der Waals surface area contributed by atoms with E-state index in [0.29, 0.717) is 0 Å². The van der Waals surface area contributed by atoms with Gasteiger partial charge in [0.1, 0.15) is 10.5 Å². The largest absolute Gasteiger partial charge is 0.297 e. The minimum Gasteiger partial charge on any atom is -0.218 e. The van der Waals surface area contributed by atoms with Crippen LogP contribution in [0.1, 0.15) is 18.4 Å². The summed E-state index contributed by atoms with van der Waals surface area (Å²) in [6.45, 7) is 1.33. The standard InChI is InChI=1S/C7H6ClF3N2S/c1-5(4-13-12-3-14-4)2-6(9,10)7(5,8)11/h3H,2H2,1H3. The normalized spacial score (nSPS) is 40.6. The molecule has 1 aromatic rings. The molecule has 1 aliphatic rings. The van der Waals surface area contributed by atoms with Crippen molar-refractivity contribution in [1.29, 1.82) is 0 Å². The van der Waals surface area contributed by atoms with Crippen molar-refractivity contribution in [2.24, 2.45) is 0 Å². The highest BCUT2D eigenvalue weighted by molar-refractivity contribution is 7.09. The Kier molecular flexibility index (Phi) is 1.89. The molecule has 0 amide bonds. The molecular formula is C7H6ClF3N2S. The fraction of sp³-hybridized carbons (Fsp3) is 0.714. The van der Waals surface area contributed by atoms with Crippen molar-refractivity contribution in [3.63, 3.8) is 0 Å². The quantitative estimate of drug-likeness (QED) is 0.708. The first kappa shape index (κ1) is 10.2. The molecule has 0 radical (unpaired) electrons.